The molecule has 0 atom stereocenters. The van der Waals surface area contributed by atoms with Crippen LogP contribution in [-0.2, 0) is 0 Å². The molecule has 0 N–H and O–H groups in total. The minimum atomic E-state index is 0.926. The zero-order chi connectivity index (χ0) is 24.6. The lowest BCUT2D eigenvalue weighted by Crippen LogP contribution is -2.02. The van der Waals surface area contributed by atoms with Crippen molar-refractivity contribution >= 4 is 21.5 Å². The Labute approximate surface area is 216 Å². The van der Waals surface area contributed by atoms with Gasteiger partial charge in [-0.05, 0) is 32.7 Å². The minimum Gasteiger partial charge on any atom is -0.299 e. The van der Waals surface area contributed by atoms with Crippen LogP contribution >= 0.6 is 0 Å². The van der Waals surface area contributed by atoms with Gasteiger partial charge in [-0.25, -0.2) is 4.98 Å². The molecule has 0 radical (unpaired) electrons. The van der Waals surface area contributed by atoms with Crippen LogP contribution in [0.1, 0.15) is 0 Å². The maximum Gasteiger partial charge on any atom is 0.144 e. The van der Waals surface area contributed by atoms with Crippen LogP contribution < -0.4 is 0 Å². The Morgan fingerprint density at radius 2 is 0.919 bits per heavy atom. The molecule has 37 heavy (non-hydrogen) atoms. The SMILES string of the molecule is c1ccc(-c2nccn2-c2c(-c3cccc4ccccc34)cccc2-c2cccc3ccccc23)cc1. The summed E-state index contributed by atoms with van der Waals surface area (Å²) in [5, 5.41) is 4.94. The van der Waals surface area contributed by atoms with Gasteiger partial charge < -0.3 is 0 Å². The van der Waals surface area contributed by atoms with Crippen molar-refractivity contribution in [1.29, 1.82) is 0 Å². The van der Waals surface area contributed by atoms with Gasteiger partial charge in [-0.2, -0.15) is 0 Å². The number of fused-ring (bicyclic) bond motifs is 2. The van der Waals surface area contributed by atoms with Crippen molar-refractivity contribution in [3.8, 4) is 39.3 Å². The number of aromatic nitrogens is 2. The van der Waals surface area contributed by atoms with Crippen LogP contribution in [0.3, 0.4) is 0 Å². The third kappa shape index (κ3) is 3.62. The van der Waals surface area contributed by atoms with E-state index in [1.165, 1.54) is 43.8 Å². The zero-order valence-electron chi connectivity index (χ0n) is 20.3. The molecule has 2 nitrogen and oxygen atoms in total. The van der Waals surface area contributed by atoms with E-state index < -0.39 is 0 Å². The Kier molecular flexibility index (Phi) is 5.15. The highest BCUT2D eigenvalue weighted by molar-refractivity contribution is 6.04. The molecular weight excluding hydrogens is 448 g/mol. The molecule has 7 rings (SSSR count). The smallest absolute Gasteiger partial charge is 0.144 e. The molecular formula is C35H24N2. The van der Waals surface area contributed by atoms with Gasteiger partial charge in [0.15, 0.2) is 0 Å². The standard InChI is InChI=1S/C35H24N2/c1-2-13-27(14-3-1)35-36-23-24-37(35)34-32(30-19-8-15-25-11-4-6-17-28(25)30)21-10-22-33(34)31-20-9-16-26-12-5-7-18-29(26)31/h1-24H. The molecule has 1 aromatic heterocycles. The van der Waals surface area contributed by atoms with Crippen molar-refractivity contribution in [2.24, 2.45) is 0 Å². The second kappa shape index (κ2) is 8.92. The van der Waals surface area contributed by atoms with Gasteiger partial charge in [-0.1, -0.05) is 133 Å². The largest absolute Gasteiger partial charge is 0.299 e. The van der Waals surface area contributed by atoms with E-state index in [1.807, 2.05) is 12.3 Å². The van der Waals surface area contributed by atoms with Crippen LogP contribution in [0.25, 0.3) is 60.9 Å². The Morgan fingerprint density at radius 3 is 1.54 bits per heavy atom. The molecule has 0 amide bonds. The fourth-order valence-corrected chi connectivity index (χ4v) is 5.44. The summed E-state index contributed by atoms with van der Waals surface area (Å²) < 4.78 is 2.25. The van der Waals surface area contributed by atoms with Crippen LogP contribution in [0, 0.1) is 0 Å². The van der Waals surface area contributed by atoms with Crippen molar-refractivity contribution in [1.82, 2.24) is 9.55 Å². The number of nitrogens with zero attached hydrogens (tertiary/aromatic N) is 2. The average Bonchev–Trinajstić information content (AvgIpc) is 3.46. The third-order valence-corrected chi connectivity index (χ3v) is 7.11. The number of imidazole rings is 1. The molecule has 2 heteroatoms. The summed E-state index contributed by atoms with van der Waals surface area (Å²) in [6.45, 7) is 0. The van der Waals surface area contributed by atoms with Crippen molar-refractivity contribution in [3.05, 3.63) is 146 Å². The fourth-order valence-electron chi connectivity index (χ4n) is 5.44. The lowest BCUT2D eigenvalue weighted by molar-refractivity contribution is 1.07. The first-order valence-corrected chi connectivity index (χ1v) is 12.6. The summed E-state index contributed by atoms with van der Waals surface area (Å²) in [4.78, 5) is 4.82. The summed E-state index contributed by atoms with van der Waals surface area (Å²) in [6.07, 6.45) is 3.98. The van der Waals surface area contributed by atoms with Gasteiger partial charge in [0.2, 0.25) is 0 Å². The van der Waals surface area contributed by atoms with E-state index in [2.05, 4.69) is 138 Å². The molecule has 6 aromatic carbocycles. The van der Waals surface area contributed by atoms with Crippen molar-refractivity contribution < 1.29 is 0 Å². The molecule has 0 aliphatic heterocycles. The summed E-state index contributed by atoms with van der Waals surface area (Å²) in [6, 6.07) is 47.4. The number of hydrogen-bond acceptors (Lipinski definition) is 1. The van der Waals surface area contributed by atoms with E-state index in [4.69, 9.17) is 4.98 Å². The Hall–Kier alpha value is -4.95. The Balaban J connectivity index is 1.60. The summed E-state index contributed by atoms with van der Waals surface area (Å²) in [7, 11) is 0. The Bertz CT molecular complexity index is 1770. The van der Waals surface area contributed by atoms with Crippen LogP contribution in [0.2, 0.25) is 0 Å². The number of benzene rings is 6. The van der Waals surface area contributed by atoms with E-state index in [0.29, 0.717) is 0 Å². The van der Waals surface area contributed by atoms with E-state index in [0.717, 1.165) is 17.1 Å². The third-order valence-electron chi connectivity index (χ3n) is 7.11. The molecule has 0 aliphatic rings. The first kappa shape index (κ1) is 21.3. The van der Waals surface area contributed by atoms with Gasteiger partial charge in [0.25, 0.3) is 0 Å². The molecule has 7 aromatic rings. The van der Waals surface area contributed by atoms with Gasteiger partial charge in [-0.3, -0.25) is 4.57 Å². The van der Waals surface area contributed by atoms with E-state index in [1.54, 1.807) is 0 Å². The fraction of sp³-hybridized carbons (Fsp3) is 0. The first-order chi connectivity index (χ1) is 18.4. The van der Waals surface area contributed by atoms with Crippen molar-refractivity contribution in [2.75, 3.05) is 0 Å². The number of para-hydroxylation sites is 1. The van der Waals surface area contributed by atoms with Gasteiger partial charge in [-0.15, -0.1) is 0 Å². The maximum atomic E-state index is 4.82. The van der Waals surface area contributed by atoms with E-state index in [-0.39, 0.29) is 0 Å². The second-order valence-electron chi connectivity index (χ2n) is 9.24. The topological polar surface area (TPSA) is 17.8 Å². The highest BCUT2D eigenvalue weighted by Gasteiger charge is 2.19. The predicted molar refractivity (Wildman–Crippen MR) is 155 cm³/mol. The lowest BCUT2D eigenvalue weighted by atomic mass is 9.90. The van der Waals surface area contributed by atoms with Crippen LogP contribution in [0.4, 0.5) is 0 Å². The maximum absolute atomic E-state index is 4.82. The molecule has 0 saturated carbocycles. The summed E-state index contributed by atoms with van der Waals surface area (Å²) >= 11 is 0. The summed E-state index contributed by atoms with van der Waals surface area (Å²) in [5.74, 6) is 0.926. The van der Waals surface area contributed by atoms with Crippen LogP contribution in [-0.4, -0.2) is 9.55 Å². The monoisotopic (exact) mass is 472 g/mol. The number of rotatable bonds is 4. The Morgan fingerprint density at radius 1 is 0.432 bits per heavy atom. The first-order valence-electron chi connectivity index (χ1n) is 12.6. The molecule has 0 aliphatic carbocycles. The number of hydrogen-bond donors (Lipinski definition) is 0. The van der Waals surface area contributed by atoms with Gasteiger partial charge in [0.1, 0.15) is 5.82 Å². The van der Waals surface area contributed by atoms with Gasteiger partial charge in [0, 0.05) is 29.1 Å². The molecule has 0 unspecified atom stereocenters. The normalized spacial score (nSPS) is 11.2. The van der Waals surface area contributed by atoms with Crippen molar-refractivity contribution in [3.63, 3.8) is 0 Å². The molecule has 0 saturated heterocycles. The quantitative estimate of drug-likeness (QED) is 0.250. The highest BCUT2D eigenvalue weighted by atomic mass is 15.1. The molecule has 0 fully saturated rings. The predicted octanol–water partition coefficient (Wildman–Crippen LogP) is 9.18. The van der Waals surface area contributed by atoms with Gasteiger partial charge >= 0.3 is 0 Å². The van der Waals surface area contributed by atoms with Gasteiger partial charge in [0.05, 0.1) is 5.69 Å². The zero-order valence-corrected chi connectivity index (χ0v) is 20.3. The molecule has 1 heterocycles. The van der Waals surface area contributed by atoms with Crippen LogP contribution in [0.15, 0.2) is 146 Å². The molecule has 0 bridgehead atoms. The second-order valence-corrected chi connectivity index (χ2v) is 9.24. The van der Waals surface area contributed by atoms with E-state index >= 15 is 0 Å². The molecule has 0 spiro atoms. The van der Waals surface area contributed by atoms with Crippen LogP contribution in [0.5, 0.6) is 0 Å². The highest BCUT2D eigenvalue weighted by Crippen LogP contribution is 2.41. The van der Waals surface area contributed by atoms with E-state index in [9.17, 15) is 0 Å². The summed E-state index contributed by atoms with van der Waals surface area (Å²) in [5.41, 5.74) is 7.00. The molecule has 174 valence electrons. The van der Waals surface area contributed by atoms with Crippen molar-refractivity contribution in [2.45, 2.75) is 0 Å². The minimum absolute atomic E-state index is 0.926. The average molecular weight is 473 g/mol. The lowest BCUT2D eigenvalue weighted by Gasteiger charge is -2.20.